The Labute approximate surface area is 53.3 Å². The molecule has 0 unspecified atom stereocenters. The number of ether oxygens (including phenoxy) is 1. The molecule has 0 amide bonds. The maximum absolute atomic E-state index is 4.83. The number of rotatable bonds is 2. The summed E-state index contributed by atoms with van der Waals surface area (Å²) in [5.41, 5.74) is 4.52. The van der Waals surface area contributed by atoms with Gasteiger partial charge in [0.2, 0.25) is 0 Å². The fraction of sp³-hybridized carbons (Fsp3) is 0.667. The van der Waals surface area contributed by atoms with Crippen LogP contribution < -0.4 is 16.8 Å². The van der Waals surface area contributed by atoms with Crippen LogP contribution in [0.2, 0.25) is 0 Å². The van der Waals surface area contributed by atoms with Crippen LogP contribution in [0.15, 0.2) is 0 Å². The molecule has 0 radical (unpaired) electrons. The predicted molar refractivity (Wildman–Crippen MR) is 34.7 cm³/mol. The van der Waals surface area contributed by atoms with Gasteiger partial charge in [-0.15, -0.1) is 0 Å². The van der Waals surface area contributed by atoms with Gasteiger partial charge in [-0.05, 0) is 19.1 Å². The van der Waals surface area contributed by atoms with E-state index in [-0.39, 0.29) is 5.17 Å². The van der Waals surface area contributed by atoms with E-state index in [1.807, 2.05) is 6.92 Å². The molecule has 0 aromatic rings. The molecule has 4 nitrogen and oxygen atoms in total. The molecule has 0 spiro atoms. The second-order valence-electron chi connectivity index (χ2n) is 0.990. The Balaban J connectivity index is 3.06. The van der Waals surface area contributed by atoms with E-state index in [1.165, 1.54) is 0 Å². The fourth-order valence-corrected chi connectivity index (χ4v) is 0.403. The van der Waals surface area contributed by atoms with Crippen molar-refractivity contribution >= 4 is 17.4 Å². The summed E-state index contributed by atoms with van der Waals surface area (Å²) in [7, 11) is 0. The molecule has 0 rings (SSSR count). The van der Waals surface area contributed by atoms with Gasteiger partial charge in [0, 0.05) is 0 Å². The number of hydrogen-bond acceptors (Lipinski definition) is 4. The van der Waals surface area contributed by atoms with Gasteiger partial charge in [0.15, 0.2) is 0 Å². The molecule has 0 saturated heterocycles. The summed E-state index contributed by atoms with van der Waals surface area (Å²) in [6.45, 7) is 2.39. The first-order valence-corrected chi connectivity index (χ1v) is 2.60. The summed E-state index contributed by atoms with van der Waals surface area (Å²) in [6.07, 6.45) is 0. The minimum absolute atomic E-state index is 0.259. The molecule has 0 heterocycles. The van der Waals surface area contributed by atoms with Crippen LogP contribution in [-0.2, 0) is 4.74 Å². The van der Waals surface area contributed by atoms with Crippen molar-refractivity contribution in [1.29, 1.82) is 0 Å². The van der Waals surface area contributed by atoms with Crippen LogP contribution in [0.5, 0.6) is 0 Å². The highest BCUT2D eigenvalue weighted by Gasteiger charge is 1.87. The zero-order valence-corrected chi connectivity index (χ0v) is 5.42. The van der Waals surface area contributed by atoms with Crippen molar-refractivity contribution in [2.75, 3.05) is 6.61 Å². The van der Waals surface area contributed by atoms with Crippen molar-refractivity contribution in [3.8, 4) is 0 Å². The van der Waals surface area contributed by atoms with E-state index < -0.39 is 0 Å². The SMILES string of the molecule is CCOC(=S)NNN. The summed E-state index contributed by atoms with van der Waals surface area (Å²) < 4.78 is 4.76. The zero-order chi connectivity index (χ0) is 6.41. The second kappa shape index (κ2) is 4.76. The molecule has 0 aliphatic heterocycles. The Hall–Kier alpha value is -0.390. The Morgan fingerprint density at radius 3 is 2.88 bits per heavy atom. The van der Waals surface area contributed by atoms with Gasteiger partial charge in [-0.2, -0.15) is 5.53 Å². The largest absolute Gasteiger partial charge is 0.470 e. The summed E-state index contributed by atoms with van der Waals surface area (Å²) >= 11 is 4.58. The predicted octanol–water partition coefficient (Wildman–Crippen LogP) is -0.724. The molecular formula is C3H9N3OS. The molecule has 0 saturated carbocycles. The second-order valence-corrected chi connectivity index (χ2v) is 1.36. The monoisotopic (exact) mass is 135 g/mol. The lowest BCUT2D eigenvalue weighted by atomic mass is 10.9. The van der Waals surface area contributed by atoms with Gasteiger partial charge >= 0.3 is 0 Å². The number of hydrazine groups is 2. The van der Waals surface area contributed by atoms with Gasteiger partial charge in [-0.1, -0.05) is 0 Å². The fourth-order valence-electron chi connectivity index (χ4n) is 0.226. The Bertz CT molecular complexity index is 68.9. The van der Waals surface area contributed by atoms with Crippen molar-refractivity contribution in [3.05, 3.63) is 0 Å². The lowest BCUT2D eigenvalue weighted by Gasteiger charge is -2.03. The quantitative estimate of drug-likeness (QED) is 0.265. The van der Waals surface area contributed by atoms with Gasteiger partial charge in [0.1, 0.15) is 0 Å². The smallest absolute Gasteiger partial charge is 0.272 e. The molecule has 0 aliphatic rings. The molecule has 8 heavy (non-hydrogen) atoms. The average Bonchev–Trinajstić information content (AvgIpc) is 1.68. The van der Waals surface area contributed by atoms with E-state index in [9.17, 15) is 0 Å². The van der Waals surface area contributed by atoms with Gasteiger partial charge in [-0.25, -0.2) is 0 Å². The highest BCUT2D eigenvalue weighted by atomic mass is 32.1. The third-order valence-electron chi connectivity index (χ3n) is 0.450. The molecular weight excluding hydrogens is 126 g/mol. The number of nitrogens with one attached hydrogen (secondary N) is 2. The van der Waals surface area contributed by atoms with Crippen molar-refractivity contribution < 1.29 is 4.74 Å². The highest BCUT2D eigenvalue weighted by molar-refractivity contribution is 7.80. The van der Waals surface area contributed by atoms with Crippen molar-refractivity contribution in [2.45, 2.75) is 6.92 Å². The summed E-state index contributed by atoms with van der Waals surface area (Å²) in [5.74, 6) is 4.83. The van der Waals surface area contributed by atoms with Gasteiger partial charge in [0.05, 0.1) is 6.61 Å². The Morgan fingerprint density at radius 1 is 1.88 bits per heavy atom. The van der Waals surface area contributed by atoms with E-state index in [1.54, 1.807) is 0 Å². The van der Waals surface area contributed by atoms with Crippen LogP contribution in [0.4, 0.5) is 0 Å². The topological polar surface area (TPSA) is 59.3 Å². The summed E-state index contributed by atoms with van der Waals surface area (Å²) in [4.78, 5) is 0. The first kappa shape index (κ1) is 7.61. The molecule has 0 atom stereocenters. The van der Waals surface area contributed by atoms with E-state index in [0.717, 1.165) is 0 Å². The molecule has 0 aromatic carbocycles. The molecule has 0 fully saturated rings. The first-order valence-electron chi connectivity index (χ1n) is 2.19. The number of hydrogen-bond donors (Lipinski definition) is 3. The third-order valence-corrected chi connectivity index (χ3v) is 0.670. The van der Waals surface area contributed by atoms with Gasteiger partial charge in [0.25, 0.3) is 5.17 Å². The first-order chi connectivity index (χ1) is 3.81. The standard InChI is InChI=1S/C3H9N3OS/c1-2-7-3(8)5-6-4/h6H,2,4H2,1H3,(H,5,8). The highest BCUT2D eigenvalue weighted by Crippen LogP contribution is 1.72. The van der Waals surface area contributed by atoms with Crippen molar-refractivity contribution in [3.63, 3.8) is 0 Å². The van der Waals surface area contributed by atoms with Crippen LogP contribution in [0.1, 0.15) is 6.92 Å². The molecule has 0 aromatic heterocycles. The molecule has 4 N–H and O–H groups in total. The van der Waals surface area contributed by atoms with Crippen LogP contribution in [0.3, 0.4) is 0 Å². The third kappa shape index (κ3) is 3.79. The van der Waals surface area contributed by atoms with Gasteiger partial charge < -0.3 is 4.74 Å². The normalized spacial score (nSPS) is 8.25. The number of thiocarbonyl (C=S) groups is 1. The lowest BCUT2D eigenvalue weighted by molar-refractivity contribution is 0.313. The maximum atomic E-state index is 4.83. The molecule has 48 valence electrons. The summed E-state index contributed by atoms with van der Waals surface area (Å²) in [6, 6.07) is 0. The van der Waals surface area contributed by atoms with Crippen LogP contribution in [-0.4, -0.2) is 11.8 Å². The maximum Gasteiger partial charge on any atom is 0.272 e. The summed E-state index contributed by atoms with van der Waals surface area (Å²) in [5, 5.41) is 0.259. The number of nitrogens with two attached hydrogens (primary N) is 1. The van der Waals surface area contributed by atoms with Crippen LogP contribution in [0.25, 0.3) is 0 Å². The zero-order valence-electron chi connectivity index (χ0n) is 4.60. The molecule has 5 heteroatoms. The van der Waals surface area contributed by atoms with Gasteiger partial charge in [-0.3, -0.25) is 11.3 Å². The average molecular weight is 135 g/mol. The van der Waals surface area contributed by atoms with E-state index in [2.05, 4.69) is 23.2 Å². The minimum atomic E-state index is 0.259. The minimum Gasteiger partial charge on any atom is -0.470 e. The molecule has 0 aliphatic carbocycles. The van der Waals surface area contributed by atoms with E-state index in [0.29, 0.717) is 6.61 Å². The van der Waals surface area contributed by atoms with Crippen molar-refractivity contribution in [1.82, 2.24) is 11.0 Å². The van der Waals surface area contributed by atoms with E-state index in [4.69, 9.17) is 10.6 Å². The molecule has 0 bridgehead atoms. The van der Waals surface area contributed by atoms with Crippen LogP contribution >= 0.6 is 12.2 Å². The lowest BCUT2D eigenvalue weighted by Crippen LogP contribution is -2.42. The van der Waals surface area contributed by atoms with Crippen molar-refractivity contribution in [2.24, 2.45) is 5.84 Å². The van der Waals surface area contributed by atoms with E-state index >= 15 is 0 Å². The Kier molecular flexibility index (Phi) is 4.53. The Morgan fingerprint density at radius 2 is 2.50 bits per heavy atom. The van der Waals surface area contributed by atoms with Crippen LogP contribution in [0, 0.1) is 0 Å².